The van der Waals surface area contributed by atoms with Crippen LogP contribution in [0.1, 0.15) is 12.1 Å². The molecule has 1 atom stereocenters. The third-order valence-corrected chi connectivity index (χ3v) is 6.42. The lowest BCUT2D eigenvalue weighted by molar-refractivity contribution is 0.142. The van der Waals surface area contributed by atoms with Crippen molar-refractivity contribution < 1.29 is 4.74 Å². The number of methoxy groups -OCH3 is 1. The Morgan fingerprint density at radius 2 is 2.39 bits per heavy atom. The number of hydrogen-bond donors (Lipinski definition) is 0. The van der Waals surface area contributed by atoms with Gasteiger partial charge in [0.05, 0.1) is 11.8 Å². The molecule has 1 aromatic rings. The van der Waals surface area contributed by atoms with Crippen molar-refractivity contribution in [3.05, 3.63) is 53.2 Å². The van der Waals surface area contributed by atoms with Gasteiger partial charge < -0.3 is 4.74 Å². The standard InChI is InChI=1S/C13H15NOS3/c1-15-12-5-7-13(8-6-12)17-18-16-10-11-4-2-3-9-14-11/h2-5,7-9,12H,6,10H2,1H3. The van der Waals surface area contributed by atoms with Crippen molar-refractivity contribution in [1.29, 1.82) is 0 Å². The minimum atomic E-state index is 0.250. The van der Waals surface area contributed by atoms with E-state index in [0.717, 1.165) is 17.9 Å². The highest BCUT2D eigenvalue weighted by Crippen LogP contribution is 2.42. The van der Waals surface area contributed by atoms with E-state index in [2.05, 4.69) is 29.3 Å². The molecule has 1 heterocycles. The molecule has 1 aromatic heterocycles. The topological polar surface area (TPSA) is 22.1 Å². The van der Waals surface area contributed by atoms with Crippen molar-refractivity contribution in [2.24, 2.45) is 0 Å². The molecule has 0 fully saturated rings. The number of rotatable bonds is 6. The zero-order valence-corrected chi connectivity index (χ0v) is 12.6. The minimum absolute atomic E-state index is 0.250. The van der Waals surface area contributed by atoms with Crippen LogP contribution in [0, 0.1) is 0 Å². The summed E-state index contributed by atoms with van der Waals surface area (Å²) in [5.41, 5.74) is 1.13. The summed E-state index contributed by atoms with van der Waals surface area (Å²) in [5.74, 6) is 0.941. The van der Waals surface area contributed by atoms with Crippen LogP contribution in [-0.2, 0) is 10.5 Å². The molecule has 1 unspecified atom stereocenters. The van der Waals surface area contributed by atoms with E-state index in [-0.39, 0.29) is 6.10 Å². The molecular formula is C13H15NOS3. The van der Waals surface area contributed by atoms with Crippen molar-refractivity contribution >= 4 is 31.4 Å². The van der Waals surface area contributed by atoms with Gasteiger partial charge in [-0.3, -0.25) is 4.98 Å². The Hall–Kier alpha value is -0.360. The van der Waals surface area contributed by atoms with Gasteiger partial charge in [-0.1, -0.05) is 29.0 Å². The fourth-order valence-electron chi connectivity index (χ4n) is 1.45. The molecule has 0 radical (unpaired) electrons. The Balaban J connectivity index is 1.65. The lowest BCUT2D eigenvalue weighted by Gasteiger charge is -2.13. The Morgan fingerprint density at radius 3 is 3.06 bits per heavy atom. The van der Waals surface area contributed by atoms with Crippen LogP contribution in [0.25, 0.3) is 0 Å². The van der Waals surface area contributed by atoms with Gasteiger partial charge in [0.1, 0.15) is 0 Å². The Labute approximate surface area is 119 Å². The van der Waals surface area contributed by atoms with Crippen LogP contribution in [0.4, 0.5) is 0 Å². The molecule has 0 saturated heterocycles. The Morgan fingerprint density at radius 1 is 1.44 bits per heavy atom. The molecular weight excluding hydrogens is 282 g/mol. The monoisotopic (exact) mass is 297 g/mol. The summed E-state index contributed by atoms with van der Waals surface area (Å²) < 4.78 is 5.26. The average molecular weight is 297 g/mol. The Kier molecular flexibility index (Phi) is 6.20. The number of hydrogen-bond acceptors (Lipinski definition) is 5. The summed E-state index contributed by atoms with van der Waals surface area (Å²) in [6, 6.07) is 6.03. The third kappa shape index (κ3) is 4.72. The van der Waals surface area contributed by atoms with Gasteiger partial charge in [0, 0.05) is 24.0 Å². The molecule has 0 saturated carbocycles. The zero-order chi connectivity index (χ0) is 12.6. The maximum atomic E-state index is 5.26. The van der Waals surface area contributed by atoms with Gasteiger partial charge in [-0.25, -0.2) is 0 Å². The van der Waals surface area contributed by atoms with Crippen LogP contribution in [0.2, 0.25) is 0 Å². The van der Waals surface area contributed by atoms with Gasteiger partial charge in [0.15, 0.2) is 0 Å². The predicted molar refractivity (Wildman–Crippen MR) is 83.4 cm³/mol. The number of allylic oxidation sites excluding steroid dienone is 1. The van der Waals surface area contributed by atoms with Crippen molar-refractivity contribution in [2.75, 3.05) is 7.11 Å². The first-order valence-corrected chi connectivity index (χ1v) is 9.31. The van der Waals surface area contributed by atoms with E-state index in [9.17, 15) is 0 Å². The summed E-state index contributed by atoms with van der Waals surface area (Å²) in [6.45, 7) is 0. The minimum Gasteiger partial charge on any atom is -0.377 e. The molecule has 0 aromatic carbocycles. The van der Waals surface area contributed by atoms with Crippen molar-refractivity contribution in [3.63, 3.8) is 0 Å². The summed E-state index contributed by atoms with van der Waals surface area (Å²) >= 11 is 0. The summed E-state index contributed by atoms with van der Waals surface area (Å²) in [4.78, 5) is 5.60. The van der Waals surface area contributed by atoms with Gasteiger partial charge in [-0.15, -0.1) is 0 Å². The quantitative estimate of drug-likeness (QED) is 0.569. The number of ether oxygens (including phenoxy) is 1. The van der Waals surface area contributed by atoms with Gasteiger partial charge >= 0.3 is 0 Å². The molecule has 0 spiro atoms. The Bertz CT molecular complexity index is 420. The second kappa shape index (κ2) is 7.94. The maximum absolute atomic E-state index is 5.26. The van der Waals surface area contributed by atoms with E-state index in [0.29, 0.717) is 0 Å². The van der Waals surface area contributed by atoms with Crippen LogP contribution in [-0.4, -0.2) is 18.2 Å². The molecule has 5 heteroatoms. The van der Waals surface area contributed by atoms with Gasteiger partial charge in [-0.2, -0.15) is 0 Å². The van der Waals surface area contributed by atoms with Crippen molar-refractivity contribution in [1.82, 2.24) is 4.98 Å². The highest BCUT2D eigenvalue weighted by molar-refractivity contribution is 9.10. The lowest BCUT2D eigenvalue weighted by Crippen LogP contribution is -2.07. The predicted octanol–water partition coefficient (Wildman–Crippen LogP) is 4.47. The number of pyridine rings is 1. The van der Waals surface area contributed by atoms with Crippen LogP contribution in [0.3, 0.4) is 0 Å². The normalized spacial score (nSPS) is 18.7. The molecule has 18 heavy (non-hydrogen) atoms. The van der Waals surface area contributed by atoms with E-state index < -0.39 is 0 Å². The van der Waals surface area contributed by atoms with Crippen LogP contribution in [0.5, 0.6) is 0 Å². The smallest absolute Gasteiger partial charge is 0.0790 e. The SMILES string of the molecule is COC1C=CC(SSSCc2ccccn2)=CC1. The molecule has 0 N–H and O–H groups in total. The van der Waals surface area contributed by atoms with E-state index >= 15 is 0 Å². The summed E-state index contributed by atoms with van der Waals surface area (Å²) in [6.07, 6.45) is 9.54. The first-order chi connectivity index (χ1) is 8.88. The van der Waals surface area contributed by atoms with Gasteiger partial charge in [-0.05, 0) is 45.2 Å². The van der Waals surface area contributed by atoms with E-state index in [1.807, 2.05) is 29.1 Å². The van der Waals surface area contributed by atoms with Crippen LogP contribution >= 0.6 is 31.4 Å². The lowest BCUT2D eigenvalue weighted by atomic mass is 10.1. The molecule has 96 valence electrons. The zero-order valence-electron chi connectivity index (χ0n) is 10.1. The van der Waals surface area contributed by atoms with Crippen LogP contribution in [0.15, 0.2) is 47.5 Å². The largest absolute Gasteiger partial charge is 0.377 e. The molecule has 0 aliphatic heterocycles. The fraction of sp³-hybridized carbons (Fsp3) is 0.308. The second-order valence-electron chi connectivity index (χ2n) is 3.71. The van der Waals surface area contributed by atoms with Crippen LogP contribution < -0.4 is 0 Å². The maximum Gasteiger partial charge on any atom is 0.0790 e. The fourth-order valence-corrected chi connectivity index (χ4v) is 5.04. The highest BCUT2D eigenvalue weighted by atomic mass is 33.5. The van der Waals surface area contributed by atoms with Crippen molar-refractivity contribution in [3.8, 4) is 0 Å². The van der Waals surface area contributed by atoms with E-state index in [1.54, 1.807) is 27.7 Å². The highest BCUT2D eigenvalue weighted by Gasteiger charge is 2.07. The molecule has 1 aliphatic carbocycles. The summed E-state index contributed by atoms with van der Waals surface area (Å²) in [5, 5.41) is 0. The average Bonchev–Trinajstić information content (AvgIpc) is 2.45. The molecule has 2 nitrogen and oxygen atoms in total. The first kappa shape index (κ1) is 14.1. The summed E-state index contributed by atoms with van der Waals surface area (Å²) in [7, 11) is 7.16. The van der Waals surface area contributed by atoms with Gasteiger partial charge in [0.25, 0.3) is 0 Å². The first-order valence-electron chi connectivity index (χ1n) is 5.65. The van der Waals surface area contributed by atoms with E-state index in [1.165, 1.54) is 4.91 Å². The molecule has 2 rings (SSSR count). The molecule has 0 amide bonds. The van der Waals surface area contributed by atoms with Gasteiger partial charge in [0.2, 0.25) is 0 Å². The third-order valence-electron chi connectivity index (χ3n) is 2.44. The second-order valence-corrected chi connectivity index (χ2v) is 7.85. The van der Waals surface area contributed by atoms with Crippen molar-refractivity contribution in [2.45, 2.75) is 18.3 Å². The van der Waals surface area contributed by atoms with E-state index in [4.69, 9.17) is 4.74 Å². The number of aromatic nitrogens is 1. The molecule has 1 aliphatic rings. The molecule has 0 bridgehead atoms. The number of nitrogens with zero attached hydrogens (tertiary/aromatic N) is 1.